The fourth-order valence-electron chi connectivity index (χ4n) is 3.25. The molecule has 0 amide bonds. The van der Waals surface area contributed by atoms with E-state index in [1.54, 1.807) is 7.05 Å². The smallest absolute Gasteiger partial charge is 0.191 e. The molecule has 1 aliphatic rings. The molecule has 0 radical (unpaired) electrons. The Hall–Kier alpha value is -1.54. The topological polar surface area (TPSA) is 52.6 Å². The van der Waals surface area contributed by atoms with Crippen molar-refractivity contribution in [1.29, 1.82) is 0 Å². The van der Waals surface area contributed by atoms with Gasteiger partial charge in [0.05, 0.1) is 0 Å². The van der Waals surface area contributed by atoms with Crippen molar-refractivity contribution in [2.45, 2.75) is 32.2 Å². The highest BCUT2D eigenvalue weighted by molar-refractivity contribution is 14.0. The third-order valence-corrected chi connectivity index (χ3v) is 5.04. The Kier molecular flexibility index (Phi) is 9.84. The second-order valence-corrected chi connectivity index (χ2v) is 7.24. The molecule has 2 N–H and O–H groups in total. The van der Waals surface area contributed by atoms with Crippen molar-refractivity contribution in [1.82, 2.24) is 15.6 Å². The summed E-state index contributed by atoms with van der Waals surface area (Å²) >= 11 is 5.93. The van der Waals surface area contributed by atoms with Crippen LogP contribution in [-0.4, -0.2) is 37.6 Å². The monoisotopic (exact) mass is 513 g/mol. The van der Waals surface area contributed by atoms with E-state index in [1.807, 2.05) is 18.3 Å². The molecule has 0 saturated carbocycles. The highest BCUT2D eigenvalue weighted by atomic mass is 127. The van der Waals surface area contributed by atoms with Gasteiger partial charge in [0, 0.05) is 44.4 Å². The average Bonchev–Trinajstić information content (AvgIpc) is 2.73. The van der Waals surface area contributed by atoms with Crippen molar-refractivity contribution in [2.75, 3.05) is 31.6 Å². The third kappa shape index (κ3) is 7.13. The summed E-state index contributed by atoms with van der Waals surface area (Å²) in [5.41, 5.74) is 2.47. The van der Waals surface area contributed by atoms with Gasteiger partial charge in [-0.15, -0.1) is 24.0 Å². The molecule has 1 saturated heterocycles. The van der Waals surface area contributed by atoms with Crippen molar-refractivity contribution >= 4 is 47.4 Å². The number of piperidine rings is 1. The van der Waals surface area contributed by atoms with Crippen LogP contribution in [0.5, 0.6) is 0 Å². The number of aromatic nitrogens is 1. The summed E-state index contributed by atoms with van der Waals surface area (Å²) in [6.07, 6.45) is 6.67. The fraction of sp³-hybridized carbons (Fsp3) is 0.429. The molecule has 5 nitrogen and oxygen atoms in total. The Morgan fingerprint density at radius 1 is 1.07 bits per heavy atom. The Morgan fingerprint density at radius 2 is 1.82 bits per heavy atom. The van der Waals surface area contributed by atoms with Crippen molar-refractivity contribution in [2.24, 2.45) is 4.99 Å². The van der Waals surface area contributed by atoms with E-state index in [4.69, 9.17) is 11.6 Å². The van der Waals surface area contributed by atoms with Gasteiger partial charge in [0.15, 0.2) is 5.96 Å². The SMILES string of the molecule is CN=C(NCCc1ccc(Cl)cc1)NCc1ccnc(N2CCCCC2)c1.I. The van der Waals surface area contributed by atoms with Crippen LogP contribution in [0.2, 0.25) is 5.02 Å². The number of rotatable bonds is 6. The summed E-state index contributed by atoms with van der Waals surface area (Å²) in [5.74, 6) is 1.89. The molecule has 0 atom stereocenters. The van der Waals surface area contributed by atoms with E-state index in [9.17, 15) is 0 Å². The molecular formula is C21H29ClIN5. The minimum absolute atomic E-state index is 0. The minimum Gasteiger partial charge on any atom is -0.357 e. The van der Waals surface area contributed by atoms with Crippen molar-refractivity contribution < 1.29 is 0 Å². The molecular weight excluding hydrogens is 485 g/mol. The lowest BCUT2D eigenvalue weighted by Crippen LogP contribution is -2.38. The summed E-state index contributed by atoms with van der Waals surface area (Å²) in [5, 5.41) is 7.51. The van der Waals surface area contributed by atoms with Crippen LogP contribution >= 0.6 is 35.6 Å². The fourth-order valence-corrected chi connectivity index (χ4v) is 3.38. The van der Waals surface area contributed by atoms with Gasteiger partial charge in [0.1, 0.15) is 5.82 Å². The molecule has 1 aromatic carbocycles. The van der Waals surface area contributed by atoms with Crippen molar-refractivity contribution in [3.8, 4) is 0 Å². The van der Waals surface area contributed by atoms with Crippen LogP contribution in [0.25, 0.3) is 0 Å². The molecule has 0 unspecified atom stereocenters. The van der Waals surface area contributed by atoms with Crippen molar-refractivity contribution in [3.63, 3.8) is 0 Å². The standard InChI is InChI=1S/C21H28ClN5.HI/c1-23-21(25-12-9-17-5-7-19(22)8-6-17)26-16-18-10-11-24-20(15-18)27-13-3-2-4-14-27;/h5-8,10-11,15H,2-4,9,12-14,16H2,1H3,(H2,23,25,26);1H. The van der Waals surface area contributed by atoms with Crippen LogP contribution in [0.4, 0.5) is 5.82 Å². The number of benzene rings is 1. The second kappa shape index (κ2) is 12.1. The van der Waals surface area contributed by atoms with Crippen LogP contribution in [-0.2, 0) is 13.0 Å². The molecule has 3 rings (SSSR count). The molecule has 0 spiro atoms. The van der Waals surface area contributed by atoms with E-state index in [0.717, 1.165) is 49.4 Å². The highest BCUT2D eigenvalue weighted by Gasteiger charge is 2.12. The van der Waals surface area contributed by atoms with Gasteiger partial charge in [-0.2, -0.15) is 0 Å². The van der Waals surface area contributed by atoms with E-state index in [2.05, 4.69) is 49.8 Å². The van der Waals surface area contributed by atoms with Gasteiger partial charge in [-0.25, -0.2) is 4.98 Å². The average molecular weight is 514 g/mol. The quantitative estimate of drug-likeness (QED) is 0.344. The predicted octanol–water partition coefficient (Wildman–Crippen LogP) is 4.25. The molecule has 0 bridgehead atoms. The first-order chi connectivity index (χ1) is 13.2. The number of hydrogen-bond acceptors (Lipinski definition) is 3. The molecule has 1 aliphatic heterocycles. The zero-order valence-corrected chi connectivity index (χ0v) is 19.4. The maximum absolute atomic E-state index is 5.93. The minimum atomic E-state index is 0. The number of halogens is 2. The Bertz CT molecular complexity index is 745. The highest BCUT2D eigenvalue weighted by Crippen LogP contribution is 2.18. The summed E-state index contributed by atoms with van der Waals surface area (Å²) < 4.78 is 0. The number of hydrogen-bond donors (Lipinski definition) is 2. The number of anilines is 1. The molecule has 7 heteroatoms. The summed E-state index contributed by atoms with van der Waals surface area (Å²) in [4.78, 5) is 11.2. The van der Waals surface area contributed by atoms with Gasteiger partial charge in [-0.1, -0.05) is 23.7 Å². The largest absolute Gasteiger partial charge is 0.357 e. The lowest BCUT2D eigenvalue weighted by Gasteiger charge is -2.28. The summed E-state index contributed by atoms with van der Waals surface area (Å²) in [7, 11) is 1.79. The van der Waals surface area contributed by atoms with E-state index >= 15 is 0 Å². The summed E-state index contributed by atoms with van der Waals surface area (Å²) in [6.45, 7) is 3.76. The molecule has 1 fully saturated rings. The van der Waals surface area contributed by atoms with Gasteiger partial charge in [0.2, 0.25) is 0 Å². The van der Waals surface area contributed by atoms with Gasteiger partial charge < -0.3 is 15.5 Å². The zero-order valence-electron chi connectivity index (χ0n) is 16.3. The van der Waals surface area contributed by atoms with E-state index in [0.29, 0.717) is 0 Å². The van der Waals surface area contributed by atoms with Gasteiger partial charge >= 0.3 is 0 Å². The lowest BCUT2D eigenvalue weighted by atomic mass is 10.1. The van der Waals surface area contributed by atoms with E-state index in [-0.39, 0.29) is 24.0 Å². The van der Waals surface area contributed by atoms with Crippen molar-refractivity contribution in [3.05, 3.63) is 58.7 Å². The van der Waals surface area contributed by atoms with Crippen LogP contribution in [0.1, 0.15) is 30.4 Å². The first kappa shape index (κ1) is 22.7. The van der Waals surface area contributed by atoms with Crippen LogP contribution < -0.4 is 15.5 Å². The number of aliphatic imine (C=N–C) groups is 1. The maximum atomic E-state index is 5.93. The third-order valence-electron chi connectivity index (χ3n) is 4.79. The lowest BCUT2D eigenvalue weighted by molar-refractivity contribution is 0.573. The molecule has 152 valence electrons. The predicted molar refractivity (Wildman–Crippen MR) is 129 cm³/mol. The Morgan fingerprint density at radius 3 is 2.54 bits per heavy atom. The maximum Gasteiger partial charge on any atom is 0.191 e. The van der Waals surface area contributed by atoms with E-state index < -0.39 is 0 Å². The number of nitrogens with one attached hydrogen (secondary N) is 2. The molecule has 0 aliphatic carbocycles. The number of pyridine rings is 1. The number of nitrogens with zero attached hydrogens (tertiary/aromatic N) is 3. The van der Waals surface area contributed by atoms with Gasteiger partial charge in [-0.05, 0) is 61.1 Å². The summed E-state index contributed by atoms with van der Waals surface area (Å²) in [6, 6.07) is 12.2. The second-order valence-electron chi connectivity index (χ2n) is 6.80. The van der Waals surface area contributed by atoms with E-state index in [1.165, 1.54) is 30.4 Å². The van der Waals surface area contributed by atoms with Gasteiger partial charge in [-0.3, -0.25) is 4.99 Å². The van der Waals surface area contributed by atoms with Crippen LogP contribution in [0.3, 0.4) is 0 Å². The zero-order chi connectivity index (χ0) is 18.9. The molecule has 28 heavy (non-hydrogen) atoms. The first-order valence-electron chi connectivity index (χ1n) is 9.63. The van der Waals surface area contributed by atoms with Crippen LogP contribution in [0, 0.1) is 0 Å². The normalized spacial score (nSPS) is 14.4. The molecule has 2 heterocycles. The molecule has 2 aromatic rings. The molecule has 1 aromatic heterocycles. The number of guanidine groups is 1. The Labute approximate surface area is 190 Å². The first-order valence-corrected chi connectivity index (χ1v) is 10.0. The van der Waals surface area contributed by atoms with Crippen LogP contribution in [0.15, 0.2) is 47.6 Å². The Balaban J connectivity index is 0.00000280. The van der Waals surface area contributed by atoms with Gasteiger partial charge in [0.25, 0.3) is 0 Å².